The van der Waals surface area contributed by atoms with Crippen molar-refractivity contribution in [2.45, 2.75) is 32.9 Å². The summed E-state index contributed by atoms with van der Waals surface area (Å²) in [5, 5.41) is 5.97. The molecular formula is C25H27N3O2S. The average molecular weight is 434 g/mol. The highest BCUT2D eigenvalue weighted by Gasteiger charge is 2.11. The number of carbonyl (C=O) groups excluding carboxylic acids is 1. The van der Waals surface area contributed by atoms with Gasteiger partial charge in [0.1, 0.15) is 12.4 Å². The van der Waals surface area contributed by atoms with E-state index in [2.05, 4.69) is 39.5 Å². The van der Waals surface area contributed by atoms with Crippen LogP contribution in [0, 0.1) is 6.92 Å². The molecule has 5 nitrogen and oxygen atoms in total. The maximum absolute atomic E-state index is 12.3. The average Bonchev–Trinajstić information content (AvgIpc) is 3.48. The summed E-state index contributed by atoms with van der Waals surface area (Å²) in [4.78, 5) is 19.1. The normalized spacial score (nSPS) is 13.6. The van der Waals surface area contributed by atoms with Crippen LogP contribution in [0.5, 0.6) is 5.75 Å². The van der Waals surface area contributed by atoms with Gasteiger partial charge >= 0.3 is 0 Å². The second kappa shape index (κ2) is 10.3. The molecule has 1 fully saturated rings. The summed E-state index contributed by atoms with van der Waals surface area (Å²) in [6, 6.07) is 16.1. The van der Waals surface area contributed by atoms with Gasteiger partial charge in [0.25, 0.3) is 0 Å². The van der Waals surface area contributed by atoms with Gasteiger partial charge in [0.2, 0.25) is 5.91 Å². The Balaban J connectivity index is 1.29. The number of hydrogen-bond acceptors (Lipinski definition) is 5. The minimum Gasteiger partial charge on any atom is -0.487 e. The lowest BCUT2D eigenvalue weighted by Crippen LogP contribution is -2.20. The predicted molar refractivity (Wildman–Crippen MR) is 126 cm³/mol. The Labute approximate surface area is 187 Å². The minimum atomic E-state index is -0.131. The largest absolute Gasteiger partial charge is 0.487 e. The number of para-hydroxylation sites is 1. The van der Waals surface area contributed by atoms with Crippen LogP contribution in [0.4, 0.5) is 5.69 Å². The summed E-state index contributed by atoms with van der Waals surface area (Å²) >= 11 is 1.61. The zero-order chi connectivity index (χ0) is 21.5. The lowest BCUT2D eigenvalue weighted by molar-refractivity contribution is -0.116. The van der Waals surface area contributed by atoms with Crippen molar-refractivity contribution in [2.75, 3.05) is 18.0 Å². The summed E-state index contributed by atoms with van der Waals surface area (Å²) < 4.78 is 5.91. The first-order valence-electron chi connectivity index (χ1n) is 10.6. The van der Waals surface area contributed by atoms with Gasteiger partial charge in [0, 0.05) is 42.3 Å². The molecule has 1 saturated heterocycles. The molecule has 1 aliphatic rings. The van der Waals surface area contributed by atoms with Crippen molar-refractivity contribution in [2.24, 2.45) is 0 Å². The van der Waals surface area contributed by atoms with Crippen LogP contribution in [0.2, 0.25) is 0 Å². The van der Waals surface area contributed by atoms with Crippen LogP contribution in [-0.4, -0.2) is 24.0 Å². The first-order chi connectivity index (χ1) is 15.2. The predicted octanol–water partition coefficient (Wildman–Crippen LogP) is 4.96. The third-order valence-corrected chi connectivity index (χ3v) is 6.07. The van der Waals surface area contributed by atoms with E-state index in [1.54, 1.807) is 23.5 Å². The second-order valence-electron chi connectivity index (χ2n) is 7.60. The molecule has 0 bridgehead atoms. The van der Waals surface area contributed by atoms with Crippen LogP contribution < -0.4 is 15.0 Å². The zero-order valence-electron chi connectivity index (χ0n) is 17.7. The number of aromatic nitrogens is 1. The Morgan fingerprint density at radius 3 is 2.68 bits per heavy atom. The monoisotopic (exact) mass is 433 g/mol. The van der Waals surface area contributed by atoms with Crippen LogP contribution in [0.3, 0.4) is 0 Å². The van der Waals surface area contributed by atoms with Crippen LogP contribution in [0.1, 0.15) is 34.7 Å². The molecule has 2 aromatic carbocycles. The van der Waals surface area contributed by atoms with Crippen LogP contribution >= 0.6 is 11.3 Å². The number of thiazole rings is 1. The molecule has 4 rings (SSSR count). The summed E-state index contributed by atoms with van der Waals surface area (Å²) in [6.07, 6.45) is 5.87. The number of nitrogens with zero attached hydrogens (tertiary/aromatic N) is 2. The first kappa shape index (κ1) is 21.1. The van der Waals surface area contributed by atoms with Gasteiger partial charge in [-0.3, -0.25) is 4.79 Å². The molecule has 0 radical (unpaired) electrons. The number of aryl methyl sites for hydroxylation is 1. The van der Waals surface area contributed by atoms with E-state index < -0.39 is 0 Å². The van der Waals surface area contributed by atoms with Gasteiger partial charge in [-0.1, -0.05) is 30.3 Å². The van der Waals surface area contributed by atoms with Gasteiger partial charge in [-0.15, -0.1) is 11.3 Å². The molecule has 1 N–H and O–H groups in total. The summed E-state index contributed by atoms with van der Waals surface area (Å²) in [7, 11) is 0. The molecule has 6 heteroatoms. The van der Waals surface area contributed by atoms with E-state index >= 15 is 0 Å². The Kier molecular flexibility index (Phi) is 6.99. The molecule has 3 aromatic rings. The van der Waals surface area contributed by atoms with E-state index in [0.29, 0.717) is 13.2 Å². The van der Waals surface area contributed by atoms with E-state index in [9.17, 15) is 4.79 Å². The van der Waals surface area contributed by atoms with Crippen molar-refractivity contribution in [1.82, 2.24) is 10.3 Å². The van der Waals surface area contributed by atoms with Crippen molar-refractivity contribution in [3.63, 3.8) is 0 Å². The maximum atomic E-state index is 12.3. The standard InChI is InChI=1S/C25H27N3O2S/c1-19-27-22(18-31-19)17-30-24-7-3-2-6-21(24)10-13-25(29)26-16-20-8-11-23(12-9-20)28-14-4-5-15-28/h2-3,6-13,18H,4-5,14-17H2,1H3,(H,26,29)/b13-10+. The first-order valence-corrected chi connectivity index (χ1v) is 11.5. The molecule has 1 aliphatic heterocycles. The Morgan fingerprint density at radius 2 is 1.94 bits per heavy atom. The maximum Gasteiger partial charge on any atom is 0.244 e. The zero-order valence-corrected chi connectivity index (χ0v) is 18.5. The Morgan fingerprint density at radius 1 is 1.16 bits per heavy atom. The summed E-state index contributed by atoms with van der Waals surface area (Å²) in [5.74, 6) is 0.600. The molecule has 160 valence electrons. The molecule has 0 unspecified atom stereocenters. The van der Waals surface area contributed by atoms with Crippen LogP contribution in [-0.2, 0) is 17.9 Å². The lowest BCUT2D eigenvalue weighted by atomic mass is 10.1. The van der Waals surface area contributed by atoms with E-state index in [0.717, 1.165) is 40.7 Å². The third-order valence-electron chi connectivity index (χ3n) is 5.25. The number of amides is 1. The molecule has 31 heavy (non-hydrogen) atoms. The number of nitrogens with one attached hydrogen (secondary N) is 1. The van der Waals surface area contributed by atoms with Crippen LogP contribution in [0.25, 0.3) is 6.08 Å². The van der Waals surface area contributed by atoms with E-state index in [-0.39, 0.29) is 5.91 Å². The lowest BCUT2D eigenvalue weighted by Gasteiger charge is -2.17. The van der Waals surface area contributed by atoms with Crippen LogP contribution in [0.15, 0.2) is 60.0 Å². The number of carbonyl (C=O) groups is 1. The topological polar surface area (TPSA) is 54.5 Å². The molecule has 2 heterocycles. The number of hydrogen-bond donors (Lipinski definition) is 1. The summed E-state index contributed by atoms with van der Waals surface area (Å²) in [6.45, 7) is 5.16. The van der Waals surface area contributed by atoms with E-state index in [1.165, 1.54) is 18.5 Å². The number of rotatable bonds is 8. The molecular weight excluding hydrogens is 406 g/mol. The highest BCUT2D eigenvalue weighted by atomic mass is 32.1. The Hall–Kier alpha value is -3.12. The number of ether oxygens (including phenoxy) is 1. The third kappa shape index (κ3) is 5.95. The SMILES string of the molecule is Cc1nc(COc2ccccc2/C=C/C(=O)NCc2ccc(N3CCCC3)cc2)cs1. The fraction of sp³-hybridized carbons (Fsp3) is 0.280. The quantitative estimate of drug-likeness (QED) is 0.510. The highest BCUT2D eigenvalue weighted by molar-refractivity contribution is 7.09. The highest BCUT2D eigenvalue weighted by Crippen LogP contribution is 2.22. The van der Waals surface area contributed by atoms with Gasteiger partial charge in [-0.05, 0) is 49.6 Å². The van der Waals surface area contributed by atoms with E-state index in [1.807, 2.05) is 36.6 Å². The van der Waals surface area contributed by atoms with Crippen molar-refractivity contribution >= 4 is 29.0 Å². The molecule has 0 atom stereocenters. The van der Waals surface area contributed by atoms with Crippen molar-refractivity contribution in [3.05, 3.63) is 81.8 Å². The van der Waals surface area contributed by atoms with Crippen molar-refractivity contribution in [3.8, 4) is 5.75 Å². The molecule has 1 amide bonds. The van der Waals surface area contributed by atoms with Gasteiger partial charge in [0.15, 0.2) is 0 Å². The summed E-state index contributed by atoms with van der Waals surface area (Å²) in [5.41, 5.74) is 4.12. The fourth-order valence-electron chi connectivity index (χ4n) is 3.59. The molecule has 1 aromatic heterocycles. The molecule has 0 saturated carbocycles. The number of benzene rings is 2. The fourth-order valence-corrected chi connectivity index (χ4v) is 4.19. The van der Waals surface area contributed by atoms with Gasteiger partial charge < -0.3 is 15.0 Å². The second-order valence-corrected chi connectivity index (χ2v) is 8.66. The van der Waals surface area contributed by atoms with Gasteiger partial charge in [-0.2, -0.15) is 0 Å². The number of anilines is 1. The van der Waals surface area contributed by atoms with Gasteiger partial charge in [0.05, 0.1) is 10.7 Å². The van der Waals surface area contributed by atoms with E-state index in [4.69, 9.17) is 4.74 Å². The van der Waals surface area contributed by atoms with Crippen molar-refractivity contribution < 1.29 is 9.53 Å². The molecule has 0 spiro atoms. The smallest absolute Gasteiger partial charge is 0.244 e. The minimum absolute atomic E-state index is 0.131. The van der Waals surface area contributed by atoms with Gasteiger partial charge in [-0.25, -0.2) is 4.98 Å². The molecule has 0 aliphatic carbocycles. The van der Waals surface area contributed by atoms with Crippen molar-refractivity contribution in [1.29, 1.82) is 0 Å². The Bertz CT molecular complexity index is 1040.